The molecule has 0 aliphatic carbocycles. The van der Waals surface area contributed by atoms with Gasteiger partial charge in [0.2, 0.25) is 0 Å². The maximum Gasteiger partial charge on any atom is 0.329 e. The predicted molar refractivity (Wildman–Crippen MR) is 61.8 cm³/mol. The van der Waals surface area contributed by atoms with E-state index in [0.717, 1.165) is 38.3 Å². The van der Waals surface area contributed by atoms with Crippen LogP contribution in [0.25, 0.3) is 0 Å². The molecule has 4 nitrogen and oxygen atoms in total. The van der Waals surface area contributed by atoms with Crippen LogP contribution >= 0.6 is 11.6 Å². The number of nitrogens with one attached hydrogen (secondary N) is 2. The summed E-state index contributed by atoms with van der Waals surface area (Å²) in [6.07, 6.45) is 3.12. The van der Waals surface area contributed by atoms with Gasteiger partial charge in [0.25, 0.3) is 0 Å². The first-order valence-corrected chi connectivity index (χ1v) is 6.11. The van der Waals surface area contributed by atoms with Crippen molar-refractivity contribution in [3.05, 3.63) is 0 Å². The first kappa shape index (κ1) is 12.6. The zero-order valence-electron chi connectivity index (χ0n) is 9.26. The largest absolute Gasteiger partial charge is 0.337 e. The third-order valence-corrected chi connectivity index (χ3v) is 2.91. The van der Waals surface area contributed by atoms with Gasteiger partial charge in [-0.3, -0.25) is 5.43 Å². The molecule has 2 N–H and O–H groups in total. The molecule has 0 atom stereocenters. The molecule has 15 heavy (non-hydrogen) atoms. The van der Waals surface area contributed by atoms with Gasteiger partial charge in [-0.1, -0.05) is 6.92 Å². The van der Waals surface area contributed by atoms with Crippen LogP contribution in [0.3, 0.4) is 0 Å². The van der Waals surface area contributed by atoms with E-state index in [1.807, 2.05) is 5.01 Å². The van der Waals surface area contributed by atoms with E-state index in [-0.39, 0.29) is 6.03 Å². The first-order valence-electron chi connectivity index (χ1n) is 5.57. The highest BCUT2D eigenvalue weighted by Gasteiger charge is 2.16. The Balaban J connectivity index is 2.09. The Labute approximate surface area is 96.3 Å². The molecule has 0 aromatic rings. The molecule has 5 heteroatoms. The molecule has 0 radical (unpaired) electrons. The van der Waals surface area contributed by atoms with Crippen molar-refractivity contribution in [2.24, 2.45) is 5.92 Å². The van der Waals surface area contributed by atoms with Crippen LogP contribution in [0, 0.1) is 5.92 Å². The van der Waals surface area contributed by atoms with Gasteiger partial charge >= 0.3 is 6.03 Å². The van der Waals surface area contributed by atoms with E-state index >= 15 is 0 Å². The van der Waals surface area contributed by atoms with Crippen molar-refractivity contribution in [3.63, 3.8) is 0 Å². The molecular weight excluding hydrogens is 214 g/mol. The molecule has 1 aliphatic heterocycles. The lowest BCUT2D eigenvalue weighted by atomic mass is 10.0. The number of carbonyl (C=O) groups excluding carboxylic acids is 1. The molecule has 0 bridgehead atoms. The molecular formula is C10H20ClN3O. The van der Waals surface area contributed by atoms with E-state index in [1.54, 1.807) is 0 Å². The van der Waals surface area contributed by atoms with Gasteiger partial charge in [0.15, 0.2) is 0 Å². The molecule has 1 rings (SSSR count). The summed E-state index contributed by atoms with van der Waals surface area (Å²) in [6.45, 7) is 4.78. The van der Waals surface area contributed by atoms with Crippen molar-refractivity contribution >= 4 is 17.6 Å². The average Bonchev–Trinajstić information content (AvgIpc) is 2.22. The molecule has 1 fully saturated rings. The van der Waals surface area contributed by atoms with E-state index in [4.69, 9.17) is 11.6 Å². The summed E-state index contributed by atoms with van der Waals surface area (Å²) < 4.78 is 0. The molecule has 1 heterocycles. The van der Waals surface area contributed by atoms with E-state index < -0.39 is 0 Å². The Bertz CT molecular complexity index is 193. The monoisotopic (exact) mass is 233 g/mol. The van der Waals surface area contributed by atoms with Crippen LogP contribution < -0.4 is 10.7 Å². The van der Waals surface area contributed by atoms with Crippen LogP contribution in [0.5, 0.6) is 0 Å². The van der Waals surface area contributed by atoms with Crippen LogP contribution in [0.15, 0.2) is 0 Å². The summed E-state index contributed by atoms with van der Waals surface area (Å²) in [5, 5.41) is 4.75. The second-order valence-corrected chi connectivity index (χ2v) is 4.46. The first-order chi connectivity index (χ1) is 7.22. The fourth-order valence-corrected chi connectivity index (χ4v) is 1.71. The van der Waals surface area contributed by atoms with Crippen LogP contribution in [0.1, 0.15) is 26.2 Å². The fraction of sp³-hybridized carbons (Fsp3) is 0.900. The van der Waals surface area contributed by atoms with Crippen LogP contribution in [0.4, 0.5) is 4.79 Å². The van der Waals surface area contributed by atoms with Crippen LogP contribution in [-0.4, -0.2) is 36.6 Å². The van der Waals surface area contributed by atoms with Crippen LogP contribution in [-0.2, 0) is 0 Å². The molecule has 1 aliphatic rings. The number of hydrazine groups is 1. The standard InChI is InChI=1S/C10H20ClN3O/c1-9-3-7-14(8-4-9)13-10(15)12-6-2-5-11/h9H,2-8H2,1H3,(H2,12,13,15). The van der Waals surface area contributed by atoms with Crippen molar-refractivity contribution in [2.45, 2.75) is 26.2 Å². The van der Waals surface area contributed by atoms with Gasteiger partial charge in [-0.05, 0) is 25.2 Å². The molecule has 0 spiro atoms. The normalized spacial score (nSPS) is 18.8. The Morgan fingerprint density at radius 2 is 2.13 bits per heavy atom. The number of amides is 2. The number of hydrogen-bond acceptors (Lipinski definition) is 2. The maximum atomic E-state index is 11.4. The van der Waals surface area contributed by atoms with Crippen molar-refractivity contribution in [1.82, 2.24) is 15.8 Å². The van der Waals surface area contributed by atoms with Gasteiger partial charge in [0, 0.05) is 25.5 Å². The SMILES string of the molecule is CC1CCN(NC(=O)NCCCCl)CC1. The number of alkyl halides is 1. The Morgan fingerprint density at radius 3 is 2.73 bits per heavy atom. The van der Waals surface area contributed by atoms with E-state index in [1.165, 1.54) is 0 Å². The summed E-state index contributed by atoms with van der Waals surface area (Å²) in [4.78, 5) is 11.4. The fourth-order valence-electron chi connectivity index (χ4n) is 1.57. The summed E-state index contributed by atoms with van der Waals surface area (Å²) >= 11 is 5.51. The quantitative estimate of drug-likeness (QED) is 0.572. The maximum absolute atomic E-state index is 11.4. The third kappa shape index (κ3) is 5.23. The zero-order valence-corrected chi connectivity index (χ0v) is 10.0. The Hall–Kier alpha value is -0.480. The number of piperidine rings is 1. The Kier molecular flexibility index (Phi) is 5.79. The number of rotatable bonds is 4. The molecule has 88 valence electrons. The molecule has 0 saturated carbocycles. The minimum atomic E-state index is -0.116. The minimum Gasteiger partial charge on any atom is -0.337 e. The molecule has 0 aromatic carbocycles. The van der Waals surface area contributed by atoms with E-state index in [0.29, 0.717) is 12.4 Å². The lowest BCUT2D eigenvalue weighted by Gasteiger charge is -2.30. The summed E-state index contributed by atoms with van der Waals surface area (Å²) in [5.74, 6) is 1.36. The number of halogens is 1. The second kappa shape index (κ2) is 6.90. The van der Waals surface area contributed by atoms with Gasteiger partial charge in [-0.15, -0.1) is 11.6 Å². The van der Waals surface area contributed by atoms with Gasteiger partial charge in [-0.2, -0.15) is 0 Å². The van der Waals surface area contributed by atoms with Crippen molar-refractivity contribution in [1.29, 1.82) is 0 Å². The van der Waals surface area contributed by atoms with Crippen LogP contribution in [0.2, 0.25) is 0 Å². The van der Waals surface area contributed by atoms with Gasteiger partial charge < -0.3 is 5.32 Å². The lowest BCUT2D eigenvalue weighted by Crippen LogP contribution is -2.50. The number of hydrogen-bond donors (Lipinski definition) is 2. The molecule has 1 saturated heterocycles. The number of carbonyl (C=O) groups is 1. The minimum absolute atomic E-state index is 0.116. The number of urea groups is 1. The zero-order chi connectivity index (χ0) is 11.1. The second-order valence-electron chi connectivity index (χ2n) is 4.08. The molecule has 0 unspecified atom stereocenters. The Morgan fingerprint density at radius 1 is 1.47 bits per heavy atom. The number of nitrogens with zero attached hydrogens (tertiary/aromatic N) is 1. The van der Waals surface area contributed by atoms with Crippen molar-refractivity contribution in [2.75, 3.05) is 25.5 Å². The average molecular weight is 234 g/mol. The van der Waals surface area contributed by atoms with Crippen molar-refractivity contribution < 1.29 is 4.79 Å². The topological polar surface area (TPSA) is 44.4 Å². The highest BCUT2D eigenvalue weighted by molar-refractivity contribution is 6.17. The highest BCUT2D eigenvalue weighted by Crippen LogP contribution is 2.13. The van der Waals surface area contributed by atoms with E-state index in [9.17, 15) is 4.79 Å². The molecule has 0 aromatic heterocycles. The van der Waals surface area contributed by atoms with E-state index in [2.05, 4.69) is 17.7 Å². The smallest absolute Gasteiger partial charge is 0.329 e. The van der Waals surface area contributed by atoms with Gasteiger partial charge in [0.05, 0.1) is 0 Å². The lowest BCUT2D eigenvalue weighted by molar-refractivity contribution is 0.135. The third-order valence-electron chi connectivity index (χ3n) is 2.64. The van der Waals surface area contributed by atoms with Gasteiger partial charge in [-0.25, -0.2) is 9.80 Å². The highest BCUT2D eigenvalue weighted by atomic mass is 35.5. The molecule has 2 amide bonds. The predicted octanol–water partition coefficient (Wildman–Crippen LogP) is 1.56. The summed E-state index contributed by atoms with van der Waals surface area (Å²) in [5.41, 5.74) is 2.84. The summed E-state index contributed by atoms with van der Waals surface area (Å²) in [7, 11) is 0. The summed E-state index contributed by atoms with van der Waals surface area (Å²) in [6, 6.07) is -0.116. The van der Waals surface area contributed by atoms with Gasteiger partial charge in [0.1, 0.15) is 0 Å². The van der Waals surface area contributed by atoms with Crippen molar-refractivity contribution in [3.8, 4) is 0 Å².